The number of esters is 1. The summed E-state index contributed by atoms with van der Waals surface area (Å²) in [5, 5.41) is 22.6. The van der Waals surface area contributed by atoms with Crippen LogP contribution in [0.4, 0.5) is 0 Å². The van der Waals surface area contributed by atoms with Gasteiger partial charge in [0.15, 0.2) is 11.5 Å². The number of hydrogen-bond donors (Lipinski definition) is 2. The van der Waals surface area contributed by atoms with E-state index in [1.54, 1.807) is 34.3 Å². The molecule has 1 aliphatic rings. The Morgan fingerprint density at radius 2 is 1.65 bits per heavy atom. The molecule has 1 atom stereocenters. The zero-order valence-corrected chi connectivity index (χ0v) is 22.0. The van der Waals surface area contributed by atoms with Crippen molar-refractivity contribution in [1.29, 1.82) is 0 Å². The van der Waals surface area contributed by atoms with Gasteiger partial charge in [-0.2, -0.15) is 0 Å². The molecule has 2 N–H and O–H groups in total. The van der Waals surface area contributed by atoms with Crippen molar-refractivity contribution in [2.45, 2.75) is 57.3 Å². The minimum atomic E-state index is -1.14. The molecule has 7 nitrogen and oxygen atoms in total. The second-order valence-electron chi connectivity index (χ2n) is 9.76. The molecule has 0 aliphatic heterocycles. The number of benzene rings is 3. The smallest absolute Gasteiger partial charge is 0.309 e. The van der Waals surface area contributed by atoms with Crippen molar-refractivity contribution in [3.63, 3.8) is 0 Å². The largest absolute Gasteiger partial charge is 0.496 e. The summed E-state index contributed by atoms with van der Waals surface area (Å²) in [6, 6.07) is 16.2. The number of carbonyl (C=O) groups is 1. The number of aliphatic hydroxyl groups is 2. The van der Waals surface area contributed by atoms with Crippen LogP contribution >= 0.6 is 0 Å². The minimum absolute atomic E-state index is 0.0159. The van der Waals surface area contributed by atoms with E-state index >= 15 is 0 Å². The molecule has 0 aromatic heterocycles. The van der Waals surface area contributed by atoms with Crippen LogP contribution in [0, 0.1) is 5.92 Å². The Kier molecular flexibility index (Phi) is 8.25. The van der Waals surface area contributed by atoms with Crippen molar-refractivity contribution in [3.8, 4) is 17.2 Å². The molecule has 198 valence electrons. The molecular weight excluding hydrogens is 472 g/mol. The molecule has 0 amide bonds. The average Bonchev–Trinajstić information content (AvgIpc) is 2.91. The fraction of sp³-hybridized carbons (Fsp3) is 0.433. The summed E-state index contributed by atoms with van der Waals surface area (Å²) < 4.78 is 23.0. The maximum Gasteiger partial charge on any atom is 0.309 e. The van der Waals surface area contributed by atoms with Gasteiger partial charge in [0.25, 0.3) is 0 Å². The first-order valence-corrected chi connectivity index (χ1v) is 12.7. The van der Waals surface area contributed by atoms with Crippen LogP contribution in [0.1, 0.15) is 49.3 Å². The van der Waals surface area contributed by atoms with Crippen molar-refractivity contribution in [3.05, 3.63) is 65.2 Å². The molecule has 1 saturated carbocycles. The monoisotopic (exact) mass is 508 g/mol. The van der Waals surface area contributed by atoms with Gasteiger partial charge in [-0.25, -0.2) is 0 Å². The minimum Gasteiger partial charge on any atom is -0.496 e. The number of ether oxygens (including phenoxy) is 4. The van der Waals surface area contributed by atoms with E-state index in [1.165, 1.54) is 0 Å². The van der Waals surface area contributed by atoms with E-state index in [0.717, 1.165) is 21.9 Å². The molecule has 3 aromatic carbocycles. The second kappa shape index (κ2) is 11.4. The highest BCUT2D eigenvalue weighted by atomic mass is 16.5. The van der Waals surface area contributed by atoms with Crippen LogP contribution in [0.5, 0.6) is 17.2 Å². The zero-order valence-electron chi connectivity index (χ0n) is 22.0. The number of hydrogen-bond acceptors (Lipinski definition) is 7. The van der Waals surface area contributed by atoms with Gasteiger partial charge >= 0.3 is 5.97 Å². The summed E-state index contributed by atoms with van der Waals surface area (Å²) >= 11 is 0. The normalized spacial score (nSPS) is 20.3. The second-order valence-corrected chi connectivity index (χ2v) is 9.76. The molecule has 3 aromatic rings. The van der Waals surface area contributed by atoms with Gasteiger partial charge in [0.2, 0.25) is 0 Å². The lowest BCUT2D eigenvalue weighted by atomic mass is 9.76. The molecule has 1 aliphatic carbocycles. The highest BCUT2D eigenvalue weighted by Crippen LogP contribution is 2.43. The van der Waals surface area contributed by atoms with Gasteiger partial charge < -0.3 is 29.2 Å². The van der Waals surface area contributed by atoms with Crippen molar-refractivity contribution in [2.24, 2.45) is 5.92 Å². The Labute approximate surface area is 217 Å². The van der Waals surface area contributed by atoms with Crippen LogP contribution in [0.15, 0.2) is 48.5 Å². The summed E-state index contributed by atoms with van der Waals surface area (Å²) in [5.41, 5.74) is 1.46. The third-order valence-corrected chi connectivity index (χ3v) is 7.58. The fourth-order valence-electron chi connectivity index (χ4n) is 5.31. The topological polar surface area (TPSA) is 94.5 Å². The Balaban J connectivity index is 1.60. The number of fused-ring (bicyclic) bond motifs is 1. The van der Waals surface area contributed by atoms with Gasteiger partial charge in [-0.1, -0.05) is 42.5 Å². The zero-order chi connectivity index (χ0) is 26.6. The molecule has 0 spiro atoms. The van der Waals surface area contributed by atoms with E-state index in [9.17, 15) is 15.0 Å². The lowest BCUT2D eigenvalue weighted by molar-refractivity contribution is -0.155. The first-order valence-electron chi connectivity index (χ1n) is 12.7. The number of aliphatic hydroxyl groups excluding tert-OH is 1. The van der Waals surface area contributed by atoms with Gasteiger partial charge in [-0.15, -0.1) is 0 Å². The predicted molar refractivity (Wildman–Crippen MR) is 141 cm³/mol. The summed E-state index contributed by atoms with van der Waals surface area (Å²) in [4.78, 5) is 12.9. The van der Waals surface area contributed by atoms with Crippen molar-refractivity contribution < 1.29 is 34.0 Å². The third kappa shape index (κ3) is 5.53. The van der Waals surface area contributed by atoms with Gasteiger partial charge in [0.05, 0.1) is 39.0 Å². The Bertz CT molecular complexity index is 1240. The lowest BCUT2D eigenvalue weighted by Crippen LogP contribution is -2.44. The molecule has 0 saturated heterocycles. The number of carbonyl (C=O) groups excluding carboxylic acids is 1. The van der Waals surface area contributed by atoms with Crippen LogP contribution in [-0.4, -0.2) is 49.2 Å². The Morgan fingerprint density at radius 3 is 2.30 bits per heavy atom. The van der Waals surface area contributed by atoms with Crippen LogP contribution in [0.3, 0.4) is 0 Å². The summed E-state index contributed by atoms with van der Waals surface area (Å²) in [7, 11) is 4.77. The summed E-state index contributed by atoms with van der Waals surface area (Å²) in [6.07, 6.45) is 1.36. The molecule has 0 bridgehead atoms. The molecule has 37 heavy (non-hydrogen) atoms. The predicted octanol–water partition coefficient (Wildman–Crippen LogP) is 4.80. The van der Waals surface area contributed by atoms with Crippen LogP contribution in [0.2, 0.25) is 0 Å². The molecule has 4 rings (SSSR count). The molecule has 0 heterocycles. The Morgan fingerprint density at radius 1 is 0.973 bits per heavy atom. The van der Waals surface area contributed by atoms with Crippen LogP contribution in [0.25, 0.3) is 10.8 Å². The first-order chi connectivity index (χ1) is 17.8. The number of methoxy groups -OCH3 is 3. The average molecular weight is 509 g/mol. The van der Waals surface area contributed by atoms with Gasteiger partial charge in [-0.05, 0) is 55.0 Å². The maximum absolute atomic E-state index is 12.9. The standard InChI is InChI=1S/C30H36O7/c1-19(31)30(33)14-12-21(13-15-30)29(32)37-18-23-17-26(34-2)28(36-4)25(27(23)35-3)16-22-10-7-9-20-8-5-6-11-24(20)22/h5-11,17,19,21,31,33H,12-16,18H2,1-4H3. The SMILES string of the molecule is COc1cc(COC(=O)C2CCC(O)(C(C)O)CC2)c(OC)c(Cc2cccc3ccccc23)c1OC. The third-order valence-electron chi connectivity index (χ3n) is 7.58. The Hall–Kier alpha value is -3.29. The highest BCUT2D eigenvalue weighted by molar-refractivity contribution is 5.86. The van der Waals surface area contributed by atoms with E-state index in [2.05, 4.69) is 24.3 Å². The molecule has 1 fully saturated rings. The van der Waals surface area contributed by atoms with Crippen LogP contribution < -0.4 is 14.2 Å². The van der Waals surface area contributed by atoms with E-state index in [-0.39, 0.29) is 18.5 Å². The molecular formula is C30H36O7. The summed E-state index contributed by atoms with van der Waals surface area (Å²) in [6.45, 7) is 1.60. The van der Waals surface area contributed by atoms with Gasteiger partial charge in [-0.3, -0.25) is 4.79 Å². The first kappa shape index (κ1) is 26.8. The van der Waals surface area contributed by atoms with Crippen molar-refractivity contribution in [1.82, 2.24) is 0 Å². The molecule has 1 unspecified atom stereocenters. The van der Waals surface area contributed by atoms with E-state index in [0.29, 0.717) is 54.9 Å². The highest BCUT2D eigenvalue weighted by Gasteiger charge is 2.39. The van der Waals surface area contributed by atoms with Gasteiger partial charge in [0.1, 0.15) is 12.4 Å². The fourth-order valence-corrected chi connectivity index (χ4v) is 5.31. The van der Waals surface area contributed by atoms with E-state index < -0.39 is 11.7 Å². The lowest BCUT2D eigenvalue weighted by Gasteiger charge is -2.37. The quantitative estimate of drug-likeness (QED) is 0.401. The molecule has 0 radical (unpaired) electrons. The van der Waals surface area contributed by atoms with Gasteiger partial charge in [0, 0.05) is 17.5 Å². The van der Waals surface area contributed by atoms with E-state index in [1.807, 2.05) is 18.2 Å². The van der Waals surface area contributed by atoms with E-state index in [4.69, 9.17) is 18.9 Å². The number of rotatable bonds is 9. The van der Waals surface area contributed by atoms with Crippen LogP contribution in [-0.2, 0) is 22.6 Å². The molecule has 7 heteroatoms. The van der Waals surface area contributed by atoms with Crippen molar-refractivity contribution >= 4 is 16.7 Å². The summed E-state index contributed by atoms with van der Waals surface area (Å²) in [5.74, 6) is 1.06. The van der Waals surface area contributed by atoms with Crippen molar-refractivity contribution in [2.75, 3.05) is 21.3 Å². The maximum atomic E-state index is 12.9.